The molecule has 0 radical (unpaired) electrons. The minimum Gasteiger partial charge on any atom is -0.327 e. The molecule has 1 saturated heterocycles. The summed E-state index contributed by atoms with van der Waals surface area (Å²) in [5.41, 5.74) is 2.65. The van der Waals surface area contributed by atoms with Gasteiger partial charge in [0.2, 0.25) is 0 Å². The van der Waals surface area contributed by atoms with Gasteiger partial charge in [0.05, 0.1) is 5.69 Å². The molecule has 0 unspecified atom stereocenters. The Balaban J connectivity index is 1.71. The van der Waals surface area contributed by atoms with Crippen LogP contribution in [0.4, 0.5) is 0 Å². The van der Waals surface area contributed by atoms with Crippen LogP contribution < -0.4 is 0 Å². The van der Waals surface area contributed by atoms with E-state index in [1.54, 1.807) is 0 Å². The van der Waals surface area contributed by atoms with Crippen LogP contribution in [0.5, 0.6) is 0 Å². The summed E-state index contributed by atoms with van der Waals surface area (Å²) in [6, 6.07) is 10.6. The third-order valence-electron chi connectivity index (χ3n) is 4.30. The van der Waals surface area contributed by atoms with Gasteiger partial charge >= 0.3 is 0 Å². The number of aryl methyl sites for hydroxylation is 1. The molecule has 0 amide bonds. The molecule has 0 N–H and O–H groups in total. The quantitative estimate of drug-likeness (QED) is 0.858. The van der Waals surface area contributed by atoms with E-state index >= 15 is 0 Å². The maximum atomic E-state index is 4.52. The minimum atomic E-state index is 0.912. The standard InChI is InChI=1S/C17H24N4/c1-15-18-12-17(14-20-10-8-19(2)9-11-20)21(15)13-16-6-4-3-5-7-16/h3-7,12H,8-11,13-14H2,1-2H3. The first kappa shape index (κ1) is 14.3. The van der Waals surface area contributed by atoms with Gasteiger partial charge < -0.3 is 9.47 Å². The molecule has 2 heterocycles. The zero-order valence-corrected chi connectivity index (χ0v) is 13.0. The van der Waals surface area contributed by atoms with Crippen molar-refractivity contribution in [3.63, 3.8) is 0 Å². The Morgan fingerprint density at radius 1 is 1.00 bits per heavy atom. The molecule has 3 rings (SSSR count). The minimum absolute atomic E-state index is 0.912. The Hall–Kier alpha value is -1.65. The van der Waals surface area contributed by atoms with Gasteiger partial charge in [-0.1, -0.05) is 30.3 Å². The molecule has 0 aliphatic carbocycles. The summed E-state index contributed by atoms with van der Waals surface area (Å²) >= 11 is 0. The van der Waals surface area contributed by atoms with E-state index in [0.717, 1.165) is 45.1 Å². The maximum Gasteiger partial charge on any atom is 0.106 e. The number of piperazine rings is 1. The molecule has 1 aromatic carbocycles. The van der Waals surface area contributed by atoms with Gasteiger partial charge in [0, 0.05) is 45.5 Å². The van der Waals surface area contributed by atoms with E-state index in [4.69, 9.17) is 0 Å². The monoisotopic (exact) mass is 284 g/mol. The van der Waals surface area contributed by atoms with Crippen molar-refractivity contribution in [3.8, 4) is 0 Å². The highest BCUT2D eigenvalue weighted by Crippen LogP contribution is 2.13. The van der Waals surface area contributed by atoms with Gasteiger partial charge in [-0.05, 0) is 19.5 Å². The van der Waals surface area contributed by atoms with Crippen molar-refractivity contribution in [2.45, 2.75) is 20.0 Å². The first-order valence-corrected chi connectivity index (χ1v) is 7.68. The number of hydrogen-bond acceptors (Lipinski definition) is 3. The summed E-state index contributed by atoms with van der Waals surface area (Å²) in [4.78, 5) is 9.44. The number of hydrogen-bond donors (Lipinski definition) is 0. The molecule has 1 fully saturated rings. The normalized spacial score (nSPS) is 17.2. The third-order valence-corrected chi connectivity index (χ3v) is 4.30. The Kier molecular flexibility index (Phi) is 4.36. The molecule has 1 aliphatic heterocycles. The van der Waals surface area contributed by atoms with Gasteiger partial charge in [0.25, 0.3) is 0 Å². The van der Waals surface area contributed by atoms with Gasteiger partial charge in [-0.2, -0.15) is 0 Å². The van der Waals surface area contributed by atoms with Crippen LogP contribution >= 0.6 is 0 Å². The van der Waals surface area contributed by atoms with E-state index in [2.05, 4.69) is 63.7 Å². The largest absolute Gasteiger partial charge is 0.327 e. The summed E-state index contributed by atoms with van der Waals surface area (Å²) < 4.78 is 2.34. The zero-order valence-electron chi connectivity index (χ0n) is 13.0. The lowest BCUT2D eigenvalue weighted by Crippen LogP contribution is -2.44. The van der Waals surface area contributed by atoms with Gasteiger partial charge in [-0.25, -0.2) is 4.98 Å². The number of aromatic nitrogens is 2. The van der Waals surface area contributed by atoms with Crippen molar-refractivity contribution >= 4 is 0 Å². The molecule has 0 saturated carbocycles. The zero-order chi connectivity index (χ0) is 14.7. The van der Waals surface area contributed by atoms with Crippen LogP contribution in [0, 0.1) is 6.92 Å². The van der Waals surface area contributed by atoms with Gasteiger partial charge in [-0.3, -0.25) is 4.90 Å². The first-order valence-electron chi connectivity index (χ1n) is 7.68. The molecule has 0 bridgehead atoms. The van der Waals surface area contributed by atoms with Crippen molar-refractivity contribution < 1.29 is 0 Å². The van der Waals surface area contributed by atoms with Crippen LogP contribution in [-0.4, -0.2) is 52.6 Å². The van der Waals surface area contributed by atoms with Gasteiger partial charge in [-0.15, -0.1) is 0 Å². The van der Waals surface area contributed by atoms with Gasteiger partial charge in [0.15, 0.2) is 0 Å². The van der Waals surface area contributed by atoms with E-state index in [-0.39, 0.29) is 0 Å². The van der Waals surface area contributed by atoms with Crippen molar-refractivity contribution in [2.24, 2.45) is 0 Å². The molecular weight excluding hydrogens is 260 g/mol. The molecule has 0 atom stereocenters. The van der Waals surface area contributed by atoms with E-state index in [1.807, 2.05) is 6.20 Å². The molecule has 1 aromatic heterocycles. The predicted molar refractivity (Wildman–Crippen MR) is 85.3 cm³/mol. The number of imidazole rings is 1. The number of rotatable bonds is 4. The number of likely N-dealkylation sites (N-methyl/N-ethyl adjacent to an activating group) is 1. The molecule has 4 nitrogen and oxygen atoms in total. The third kappa shape index (κ3) is 3.52. The Morgan fingerprint density at radius 3 is 2.43 bits per heavy atom. The maximum absolute atomic E-state index is 4.52. The van der Waals surface area contributed by atoms with Crippen LogP contribution in [0.2, 0.25) is 0 Å². The van der Waals surface area contributed by atoms with Crippen LogP contribution in [-0.2, 0) is 13.1 Å². The fraction of sp³-hybridized carbons (Fsp3) is 0.471. The summed E-state index contributed by atoms with van der Waals surface area (Å²) in [6.07, 6.45) is 2.04. The summed E-state index contributed by atoms with van der Waals surface area (Å²) in [5, 5.41) is 0. The van der Waals surface area contributed by atoms with Crippen LogP contribution in [0.25, 0.3) is 0 Å². The topological polar surface area (TPSA) is 24.3 Å². The Bertz CT molecular complexity index is 568. The second-order valence-electron chi connectivity index (χ2n) is 5.95. The summed E-state index contributed by atoms with van der Waals surface area (Å²) in [6.45, 7) is 8.61. The van der Waals surface area contributed by atoms with Crippen molar-refractivity contribution in [2.75, 3.05) is 33.2 Å². The van der Waals surface area contributed by atoms with Crippen molar-refractivity contribution in [3.05, 3.63) is 53.6 Å². The van der Waals surface area contributed by atoms with Crippen molar-refractivity contribution in [1.82, 2.24) is 19.4 Å². The lowest BCUT2D eigenvalue weighted by Gasteiger charge is -2.32. The van der Waals surface area contributed by atoms with E-state index in [1.165, 1.54) is 11.3 Å². The lowest BCUT2D eigenvalue weighted by molar-refractivity contribution is 0.145. The molecule has 21 heavy (non-hydrogen) atoms. The second kappa shape index (κ2) is 6.41. The molecular formula is C17H24N4. The van der Waals surface area contributed by atoms with Crippen molar-refractivity contribution in [1.29, 1.82) is 0 Å². The fourth-order valence-corrected chi connectivity index (χ4v) is 2.86. The van der Waals surface area contributed by atoms with Crippen LogP contribution in [0.15, 0.2) is 36.5 Å². The number of benzene rings is 1. The van der Waals surface area contributed by atoms with Crippen LogP contribution in [0.3, 0.4) is 0 Å². The Morgan fingerprint density at radius 2 is 1.71 bits per heavy atom. The highest BCUT2D eigenvalue weighted by atomic mass is 15.3. The van der Waals surface area contributed by atoms with E-state index < -0.39 is 0 Å². The predicted octanol–water partition coefficient (Wildman–Crippen LogP) is 1.99. The SMILES string of the molecule is Cc1ncc(CN2CCN(C)CC2)n1Cc1ccccc1. The van der Waals surface area contributed by atoms with E-state index in [0.29, 0.717) is 0 Å². The van der Waals surface area contributed by atoms with Gasteiger partial charge in [0.1, 0.15) is 5.82 Å². The average molecular weight is 284 g/mol. The molecule has 4 heteroatoms. The molecule has 112 valence electrons. The molecule has 2 aromatic rings. The highest BCUT2D eigenvalue weighted by molar-refractivity contribution is 5.17. The fourth-order valence-electron chi connectivity index (χ4n) is 2.86. The molecule has 0 spiro atoms. The first-order chi connectivity index (χ1) is 10.2. The van der Waals surface area contributed by atoms with Crippen LogP contribution in [0.1, 0.15) is 17.1 Å². The lowest BCUT2D eigenvalue weighted by atomic mass is 10.2. The smallest absolute Gasteiger partial charge is 0.106 e. The number of nitrogens with zero attached hydrogens (tertiary/aromatic N) is 4. The van der Waals surface area contributed by atoms with E-state index in [9.17, 15) is 0 Å². The Labute approximate surface area is 127 Å². The summed E-state index contributed by atoms with van der Waals surface area (Å²) in [5.74, 6) is 1.10. The summed E-state index contributed by atoms with van der Waals surface area (Å²) in [7, 11) is 2.20. The average Bonchev–Trinajstić information content (AvgIpc) is 2.84. The highest BCUT2D eigenvalue weighted by Gasteiger charge is 2.16. The molecule has 1 aliphatic rings. The second-order valence-corrected chi connectivity index (χ2v) is 5.95.